The van der Waals surface area contributed by atoms with Gasteiger partial charge < -0.3 is 4.90 Å². The lowest BCUT2D eigenvalue weighted by Crippen LogP contribution is -2.51. The van der Waals surface area contributed by atoms with Crippen molar-refractivity contribution in [2.24, 2.45) is 0 Å². The first-order chi connectivity index (χ1) is 15.0. The highest BCUT2D eigenvalue weighted by Crippen LogP contribution is 2.34. The van der Waals surface area contributed by atoms with Crippen molar-refractivity contribution in [1.82, 2.24) is 14.8 Å². The van der Waals surface area contributed by atoms with E-state index in [1.54, 1.807) is 11.3 Å². The van der Waals surface area contributed by atoms with Crippen LogP contribution in [-0.4, -0.2) is 72.3 Å². The summed E-state index contributed by atoms with van der Waals surface area (Å²) in [6.07, 6.45) is 6.96. The van der Waals surface area contributed by atoms with E-state index >= 15 is 0 Å². The summed E-state index contributed by atoms with van der Waals surface area (Å²) in [6.45, 7) is 2.21. The van der Waals surface area contributed by atoms with Gasteiger partial charge in [0.25, 0.3) is 0 Å². The maximum absolute atomic E-state index is 13.3. The Labute approximate surface area is 188 Å². The summed E-state index contributed by atoms with van der Waals surface area (Å²) in [7, 11) is -3.00. The number of aromatic nitrogens is 1. The van der Waals surface area contributed by atoms with Gasteiger partial charge in [0.2, 0.25) is 5.91 Å². The number of rotatable bonds is 5. The molecule has 3 fully saturated rings. The van der Waals surface area contributed by atoms with Gasteiger partial charge in [-0.15, -0.1) is 11.3 Å². The molecule has 0 spiro atoms. The SMILES string of the molecule is O=C(CN1CCC(c2nc3ccccc3s2)CC1)N(C1CCCC1)C1CCS(=O)(=O)C1. The predicted octanol–water partition coefficient (Wildman–Crippen LogP) is 3.43. The van der Waals surface area contributed by atoms with Crippen molar-refractivity contribution in [3.8, 4) is 0 Å². The Balaban J connectivity index is 1.21. The predicted molar refractivity (Wildman–Crippen MR) is 124 cm³/mol. The summed E-state index contributed by atoms with van der Waals surface area (Å²) >= 11 is 1.80. The smallest absolute Gasteiger partial charge is 0.237 e. The number of likely N-dealkylation sites (tertiary alicyclic amines) is 1. The number of hydrogen-bond donors (Lipinski definition) is 0. The Morgan fingerprint density at radius 1 is 1.06 bits per heavy atom. The van der Waals surface area contributed by atoms with E-state index in [4.69, 9.17) is 4.98 Å². The van der Waals surface area contributed by atoms with E-state index in [0.717, 1.165) is 57.1 Å². The molecular weight excluding hydrogens is 430 g/mol. The third-order valence-corrected chi connectivity index (χ3v) is 10.2. The van der Waals surface area contributed by atoms with Crippen molar-refractivity contribution < 1.29 is 13.2 Å². The first-order valence-electron chi connectivity index (χ1n) is 11.6. The van der Waals surface area contributed by atoms with Gasteiger partial charge >= 0.3 is 0 Å². The third kappa shape index (κ3) is 4.66. The molecule has 3 aliphatic rings. The van der Waals surface area contributed by atoms with Crippen LogP contribution in [0.3, 0.4) is 0 Å². The van der Waals surface area contributed by atoms with E-state index < -0.39 is 9.84 Å². The van der Waals surface area contributed by atoms with E-state index in [-0.39, 0.29) is 29.5 Å². The number of thiazole rings is 1. The molecule has 2 aliphatic heterocycles. The summed E-state index contributed by atoms with van der Waals surface area (Å²) in [4.78, 5) is 22.4. The minimum atomic E-state index is -3.00. The lowest BCUT2D eigenvalue weighted by atomic mass is 9.97. The first kappa shape index (κ1) is 21.3. The quantitative estimate of drug-likeness (QED) is 0.682. The fraction of sp³-hybridized carbons (Fsp3) is 0.652. The van der Waals surface area contributed by atoms with Crippen LogP contribution in [0.15, 0.2) is 24.3 Å². The Morgan fingerprint density at radius 3 is 2.48 bits per heavy atom. The molecule has 1 amide bonds. The molecule has 0 bridgehead atoms. The van der Waals surface area contributed by atoms with Crippen LogP contribution in [-0.2, 0) is 14.6 Å². The number of piperidine rings is 1. The molecule has 1 aromatic carbocycles. The van der Waals surface area contributed by atoms with E-state index in [1.807, 2.05) is 11.0 Å². The number of para-hydroxylation sites is 1. The summed E-state index contributed by atoms with van der Waals surface area (Å²) in [6, 6.07) is 8.40. The van der Waals surface area contributed by atoms with Crippen molar-refractivity contribution in [2.45, 2.75) is 62.9 Å². The van der Waals surface area contributed by atoms with Gasteiger partial charge in [0.1, 0.15) is 0 Å². The Bertz CT molecular complexity index is 1000. The van der Waals surface area contributed by atoms with Crippen LogP contribution >= 0.6 is 11.3 Å². The minimum Gasteiger partial charge on any atom is -0.335 e. The molecule has 168 valence electrons. The molecule has 2 saturated heterocycles. The van der Waals surface area contributed by atoms with Gasteiger partial charge in [0, 0.05) is 18.0 Å². The van der Waals surface area contributed by atoms with Crippen molar-refractivity contribution in [3.05, 3.63) is 29.3 Å². The van der Waals surface area contributed by atoms with Gasteiger partial charge in [0.15, 0.2) is 9.84 Å². The van der Waals surface area contributed by atoms with Crippen LogP contribution in [0.2, 0.25) is 0 Å². The monoisotopic (exact) mass is 461 g/mol. The molecule has 3 heterocycles. The van der Waals surface area contributed by atoms with Crippen LogP contribution in [0.25, 0.3) is 10.2 Å². The van der Waals surface area contributed by atoms with Crippen molar-refractivity contribution in [3.63, 3.8) is 0 Å². The molecule has 0 N–H and O–H groups in total. The van der Waals surface area contributed by atoms with E-state index in [1.165, 1.54) is 9.71 Å². The Hall–Kier alpha value is -1.51. The molecule has 1 aromatic heterocycles. The number of benzene rings is 1. The maximum Gasteiger partial charge on any atom is 0.237 e. The van der Waals surface area contributed by atoms with Gasteiger partial charge in [0.05, 0.1) is 33.3 Å². The van der Waals surface area contributed by atoms with Crippen LogP contribution in [0, 0.1) is 0 Å². The largest absolute Gasteiger partial charge is 0.335 e. The fourth-order valence-corrected chi connectivity index (χ4v) is 8.41. The molecule has 0 radical (unpaired) electrons. The molecule has 6 nitrogen and oxygen atoms in total. The number of carbonyl (C=O) groups excluding carboxylic acids is 1. The number of fused-ring (bicyclic) bond motifs is 1. The first-order valence-corrected chi connectivity index (χ1v) is 14.2. The number of carbonyl (C=O) groups is 1. The zero-order chi connectivity index (χ0) is 21.4. The van der Waals surface area contributed by atoms with Crippen LogP contribution in [0.4, 0.5) is 0 Å². The van der Waals surface area contributed by atoms with Gasteiger partial charge in [-0.1, -0.05) is 25.0 Å². The van der Waals surface area contributed by atoms with Crippen LogP contribution in [0.5, 0.6) is 0 Å². The molecule has 2 aromatic rings. The highest BCUT2D eigenvalue weighted by molar-refractivity contribution is 7.91. The highest BCUT2D eigenvalue weighted by Gasteiger charge is 2.39. The van der Waals surface area contributed by atoms with Crippen LogP contribution in [0.1, 0.15) is 55.9 Å². The van der Waals surface area contributed by atoms with Crippen molar-refractivity contribution in [2.75, 3.05) is 31.1 Å². The molecular formula is C23H31N3O3S2. The normalized spacial score (nSPS) is 25.4. The van der Waals surface area contributed by atoms with Crippen LogP contribution < -0.4 is 0 Å². The average Bonchev–Trinajstić information content (AvgIpc) is 3.49. The van der Waals surface area contributed by atoms with Gasteiger partial charge in [-0.2, -0.15) is 0 Å². The highest BCUT2D eigenvalue weighted by atomic mass is 32.2. The van der Waals surface area contributed by atoms with Crippen molar-refractivity contribution >= 4 is 37.3 Å². The molecule has 5 rings (SSSR count). The third-order valence-electron chi connectivity index (χ3n) is 7.21. The van der Waals surface area contributed by atoms with Gasteiger partial charge in [-0.05, 0) is 57.3 Å². The van der Waals surface area contributed by atoms with Gasteiger partial charge in [-0.3, -0.25) is 9.69 Å². The Morgan fingerprint density at radius 2 is 1.81 bits per heavy atom. The number of sulfone groups is 1. The summed E-state index contributed by atoms with van der Waals surface area (Å²) in [5.74, 6) is 0.971. The second-order valence-electron chi connectivity index (χ2n) is 9.37. The number of amides is 1. The lowest BCUT2D eigenvalue weighted by Gasteiger charge is -2.37. The lowest BCUT2D eigenvalue weighted by molar-refractivity contribution is -0.137. The molecule has 1 unspecified atom stereocenters. The summed E-state index contributed by atoms with van der Waals surface area (Å²) in [5.41, 5.74) is 1.08. The summed E-state index contributed by atoms with van der Waals surface area (Å²) < 4.78 is 25.4. The van der Waals surface area contributed by atoms with Gasteiger partial charge in [-0.25, -0.2) is 13.4 Å². The molecule has 1 atom stereocenters. The average molecular weight is 462 g/mol. The zero-order valence-electron chi connectivity index (χ0n) is 17.9. The zero-order valence-corrected chi connectivity index (χ0v) is 19.5. The molecule has 31 heavy (non-hydrogen) atoms. The fourth-order valence-electron chi connectivity index (χ4n) is 5.56. The Kier molecular flexibility index (Phi) is 6.05. The minimum absolute atomic E-state index is 0.124. The van der Waals surface area contributed by atoms with Crippen molar-refractivity contribution in [1.29, 1.82) is 0 Å². The van der Waals surface area contributed by atoms with E-state index in [0.29, 0.717) is 18.9 Å². The summed E-state index contributed by atoms with van der Waals surface area (Å²) in [5, 5.41) is 1.22. The second kappa shape index (κ2) is 8.79. The number of nitrogens with zero attached hydrogens (tertiary/aromatic N) is 3. The van der Waals surface area contributed by atoms with E-state index in [2.05, 4.69) is 23.1 Å². The number of hydrogen-bond acceptors (Lipinski definition) is 6. The van der Waals surface area contributed by atoms with E-state index in [9.17, 15) is 13.2 Å². The molecule has 8 heteroatoms. The second-order valence-corrected chi connectivity index (χ2v) is 12.7. The standard InChI is InChI=1S/C23H31N3O3S2/c27-22(26(18-5-1-2-6-18)19-11-14-31(28,29)16-19)15-25-12-9-17(10-13-25)23-24-20-7-3-4-8-21(20)30-23/h3-4,7-8,17-19H,1-2,5-6,9-16H2. The molecule has 1 saturated carbocycles. The topological polar surface area (TPSA) is 70.6 Å². The maximum atomic E-state index is 13.3. The molecule has 1 aliphatic carbocycles.